The summed E-state index contributed by atoms with van der Waals surface area (Å²) in [6.45, 7) is 2.00. The molecule has 0 saturated heterocycles. The van der Waals surface area contributed by atoms with Gasteiger partial charge in [0.1, 0.15) is 0 Å². The number of unbranched alkanes of at least 4 members (excludes halogenated alkanes) is 3. The van der Waals surface area contributed by atoms with Gasteiger partial charge in [-0.05, 0) is 6.42 Å². The van der Waals surface area contributed by atoms with Crippen LogP contribution in [0.5, 0.6) is 0 Å². The van der Waals surface area contributed by atoms with Crippen molar-refractivity contribution in [2.45, 2.75) is 32.6 Å². The summed E-state index contributed by atoms with van der Waals surface area (Å²) in [7, 11) is -6.82. The average Bonchev–Trinajstić information content (AvgIpc) is 1.98. The molecule has 4 nitrogen and oxygen atoms in total. The summed E-state index contributed by atoms with van der Waals surface area (Å²) in [4.78, 5) is 0. The Morgan fingerprint density at radius 3 is 2.25 bits per heavy atom. The average molecular weight is 213 g/mol. The minimum Gasteiger partial charge on any atom is -0.760 e. The third-order valence-electron chi connectivity index (χ3n) is 1.46. The van der Waals surface area contributed by atoms with Gasteiger partial charge in [-0.1, -0.05) is 26.2 Å². The second kappa shape index (κ2) is 5.66. The van der Waals surface area contributed by atoms with Crippen LogP contribution in [-0.4, -0.2) is 22.9 Å². The van der Waals surface area contributed by atoms with E-state index in [4.69, 9.17) is 0 Å². The first kappa shape index (κ1) is 12.1. The van der Waals surface area contributed by atoms with Crippen LogP contribution in [0.25, 0.3) is 0 Å². The van der Waals surface area contributed by atoms with Gasteiger partial charge < -0.3 is 4.55 Å². The van der Waals surface area contributed by atoms with E-state index >= 15 is 0 Å². The summed E-state index contributed by atoms with van der Waals surface area (Å²) in [5, 5.41) is 0. The zero-order chi connectivity index (χ0) is 9.61. The van der Waals surface area contributed by atoms with Crippen molar-refractivity contribution in [3.63, 3.8) is 0 Å². The smallest absolute Gasteiger partial charge is 0.217 e. The third-order valence-corrected chi connectivity index (χ3v) is 4.40. The molecule has 0 spiro atoms. The van der Waals surface area contributed by atoms with Crippen LogP contribution in [0.2, 0.25) is 0 Å². The fourth-order valence-electron chi connectivity index (χ4n) is 0.774. The van der Waals surface area contributed by atoms with E-state index in [1.165, 1.54) is 0 Å². The standard InChI is InChI=1S/C6H14O4S2/c1-2-3-4-5-6-12(9,10)11(7)8/h2-6H2,1H3,(H,7,8)/p-1. The van der Waals surface area contributed by atoms with E-state index in [1.807, 2.05) is 6.92 Å². The van der Waals surface area contributed by atoms with Crippen LogP contribution in [0.4, 0.5) is 0 Å². The Kier molecular flexibility index (Phi) is 5.69. The lowest BCUT2D eigenvalue weighted by Crippen LogP contribution is -2.11. The number of rotatable bonds is 6. The van der Waals surface area contributed by atoms with Crippen molar-refractivity contribution in [1.82, 2.24) is 0 Å². The van der Waals surface area contributed by atoms with Crippen LogP contribution in [0.3, 0.4) is 0 Å². The predicted octanol–water partition coefficient (Wildman–Crippen LogP) is 0.776. The van der Waals surface area contributed by atoms with Crippen LogP contribution in [-0.2, 0) is 19.0 Å². The van der Waals surface area contributed by atoms with E-state index in [-0.39, 0.29) is 5.75 Å². The van der Waals surface area contributed by atoms with Gasteiger partial charge in [-0.15, -0.1) is 0 Å². The topological polar surface area (TPSA) is 74.3 Å². The summed E-state index contributed by atoms with van der Waals surface area (Å²) in [6, 6.07) is 0. The molecule has 1 atom stereocenters. The summed E-state index contributed by atoms with van der Waals surface area (Å²) >= 11 is 0. The first-order valence-electron chi connectivity index (χ1n) is 3.83. The van der Waals surface area contributed by atoms with Crippen molar-refractivity contribution in [2.75, 3.05) is 5.75 Å². The van der Waals surface area contributed by atoms with Crippen molar-refractivity contribution < 1.29 is 17.2 Å². The Labute approximate surface area is 75.0 Å². The Morgan fingerprint density at radius 1 is 1.25 bits per heavy atom. The van der Waals surface area contributed by atoms with Gasteiger partial charge in [0.2, 0.25) is 8.87 Å². The van der Waals surface area contributed by atoms with Gasteiger partial charge >= 0.3 is 0 Å². The molecule has 0 radical (unpaired) electrons. The summed E-state index contributed by atoms with van der Waals surface area (Å²) in [5.74, 6) is -0.247. The number of hydrogen-bond donors (Lipinski definition) is 0. The molecule has 0 aromatic carbocycles. The summed E-state index contributed by atoms with van der Waals surface area (Å²) < 4.78 is 41.6. The Hall–Kier alpha value is 0.0600. The summed E-state index contributed by atoms with van der Waals surface area (Å²) in [6.07, 6.45) is 3.15. The van der Waals surface area contributed by atoms with Crippen molar-refractivity contribution >= 4 is 19.0 Å². The van der Waals surface area contributed by atoms with E-state index in [2.05, 4.69) is 0 Å². The minimum absolute atomic E-state index is 0.247. The van der Waals surface area contributed by atoms with Gasteiger partial charge in [0.25, 0.3) is 0 Å². The zero-order valence-electron chi connectivity index (χ0n) is 6.99. The van der Waals surface area contributed by atoms with E-state index in [9.17, 15) is 17.2 Å². The lowest BCUT2D eigenvalue weighted by Gasteiger charge is -2.05. The highest BCUT2D eigenvalue weighted by Gasteiger charge is 2.09. The van der Waals surface area contributed by atoms with E-state index < -0.39 is 19.0 Å². The fourth-order valence-corrected chi connectivity index (χ4v) is 2.23. The predicted molar refractivity (Wildman–Crippen MR) is 46.8 cm³/mol. The Bertz CT molecular complexity index is 232. The van der Waals surface area contributed by atoms with Gasteiger partial charge in [-0.2, -0.15) is 0 Å². The number of hydrogen-bond acceptors (Lipinski definition) is 4. The quantitative estimate of drug-likeness (QED) is 0.371. The maximum Gasteiger partial charge on any atom is 0.217 e. The third kappa shape index (κ3) is 4.84. The first-order chi connectivity index (χ1) is 5.50. The molecule has 0 aliphatic rings. The Balaban J connectivity index is 3.71. The van der Waals surface area contributed by atoms with E-state index in [0.29, 0.717) is 6.42 Å². The lowest BCUT2D eigenvalue weighted by atomic mass is 10.2. The highest BCUT2D eigenvalue weighted by atomic mass is 33.2. The molecule has 0 saturated carbocycles. The molecule has 0 N–H and O–H groups in total. The molecule has 74 valence electrons. The van der Waals surface area contributed by atoms with Gasteiger partial charge in [-0.25, -0.2) is 8.42 Å². The molecular formula is C6H13O4S2-. The monoisotopic (exact) mass is 213 g/mol. The van der Waals surface area contributed by atoms with Crippen LogP contribution in [0, 0.1) is 0 Å². The minimum atomic E-state index is -3.86. The normalized spacial score (nSPS) is 14.5. The molecule has 0 bridgehead atoms. The molecule has 0 rings (SSSR count). The molecule has 0 fully saturated rings. The SMILES string of the molecule is CCCCCCS(=O)(=O)S(=O)[O-]. The zero-order valence-corrected chi connectivity index (χ0v) is 8.62. The second-order valence-corrected chi connectivity index (χ2v) is 6.80. The Morgan fingerprint density at radius 2 is 1.83 bits per heavy atom. The molecule has 0 aliphatic carbocycles. The van der Waals surface area contributed by atoms with Gasteiger partial charge in [0.15, 0.2) is 0 Å². The van der Waals surface area contributed by atoms with Crippen LogP contribution >= 0.6 is 0 Å². The highest BCUT2D eigenvalue weighted by molar-refractivity contribution is 8.61. The van der Waals surface area contributed by atoms with Crippen molar-refractivity contribution in [2.24, 2.45) is 0 Å². The summed E-state index contributed by atoms with van der Waals surface area (Å²) in [5.41, 5.74) is 0. The van der Waals surface area contributed by atoms with Crippen molar-refractivity contribution in [3.8, 4) is 0 Å². The van der Waals surface area contributed by atoms with Crippen molar-refractivity contribution in [1.29, 1.82) is 0 Å². The molecule has 0 aromatic heterocycles. The maximum atomic E-state index is 10.7. The van der Waals surface area contributed by atoms with Crippen LogP contribution in [0.1, 0.15) is 32.6 Å². The van der Waals surface area contributed by atoms with Crippen molar-refractivity contribution in [3.05, 3.63) is 0 Å². The molecule has 0 aromatic rings. The second-order valence-electron chi connectivity index (χ2n) is 2.53. The molecular weight excluding hydrogens is 200 g/mol. The first-order valence-corrected chi connectivity index (χ1v) is 7.07. The molecule has 0 heterocycles. The van der Waals surface area contributed by atoms with Crippen LogP contribution in [0.15, 0.2) is 0 Å². The largest absolute Gasteiger partial charge is 0.760 e. The fraction of sp³-hybridized carbons (Fsp3) is 1.00. The molecule has 1 unspecified atom stereocenters. The highest BCUT2D eigenvalue weighted by Crippen LogP contribution is 2.04. The van der Waals surface area contributed by atoms with Gasteiger partial charge in [-0.3, -0.25) is 4.21 Å². The molecule has 12 heavy (non-hydrogen) atoms. The van der Waals surface area contributed by atoms with E-state index in [0.717, 1.165) is 19.3 Å². The molecule has 6 heteroatoms. The van der Waals surface area contributed by atoms with E-state index in [1.54, 1.807) is 0 Å². The molecule has 0 aliphatic heterocycles. The lowest BCUT2D eigenvalue weighted by molar-refractivity contribution is 0.539. The van der Waals surface area contributed by atoms with Gasteiger partial charge in [0.05, 0.1) is 15.9 Å². The molecule has 0 amide bonds. The maximum absolute atomic E-state index is 10.7. The van der Waals surface area contributed by atoms with Gasteiger partial charge in [0, 0.05) is 0 Å². The van der Waals surface area contributed by atoms with Crippen LogP contribution < -0.4 is 0 Å².